The monoisotopic (exact) mass is 1090 g/mol. The number of rotatable bonds is 11. The van der Waals surface area contributed by atoms with E-state index >= 15 is 0 Å². The first kappa shape index (κ1) is 63.3. The molecule has 3 heterocycles. The predicted molar refractivity (Wildman–Crippen MR) is 321 cm³/mol. The van der Waals surface area contributed by atoms with Gasteiger partial charge in [0.15, 0.2) is 0 Å². The van der Waals surface area contributed by atoms with E-state index in [1.165, 1.54) is 40.3 Å². The van der Waals surface area contributed by atoms with Crippen molar-refractivity contribution in [2.24, 2.45) is 17.2 Å². The quantitative estimate of drug-likeness (QED) is 0.0541. The fourth-order valence-electron chi connectivity index (χ4n) is 9.42. The van der Waals surface area contributed by atoms with Gasteiger partial charge in [0.25, 0.3) is 0 Å². The van der Waals surface area contributed by atoms with Gasteiger partial charge in [-0.15, -0.1) is 0 Å². The number of aromatic amines is 3. The SMILES string of the molecule is CC(=O)OCC1c2ccccc2-c2ccccc21.CC(C)(C)O.CC(C)(C)c1cc(C(C)(C)C)c2[nH]c(C(C)(C)C)c(C[C@H](N)C(=O)O)c2c1.N[C@@H](Cc1c[nH]c2ccccc12)C(=O)O.N[C@@H](Cc1c[nH]c2ccccc12)C(=O)O. The molecule has 0 bridgehead atoms. The van der Waals surface area contributed by atoms with Crippen LogP contribution in [0.1, 0.15) is 141 Å². The number of hydrogen-bond donors (Lipinski definition) is 10. The third-order valence-electron chi connectivity index (χ3n) is 13.5. The molecule has 0 unspecified atom stereocenters. The van der Waals surface area contributed by atoms with E-state index in [9.17, 15) is 24.3 Å². The van der Waals surface area contributed by atoms with Crippen LogP contribution < -0.4 is 17.2 Å². The number of carbonyl (C=O) groups is 4. The molecule has 9 rings (SSSR count). The molecule has 3 atom stereocenters. The van der Waals surface area contributed by atoms with Crippen LogP contribution in [-0.2, 0) is 59.4 Å². The molecule has 3 aromatic heterocycles. The number of benzene rings is 5. The number of esters is 1. The van der Waals surface area contributed by atoms with Crippen molar-refractivity contribution in [2.75, 3.05) is 6.61 Å². The van der Waals surface area contributed by atoms with Crippen LogP contribution in [0.2, 0.25) is 0 Å². The summed E-state index contributed by atoms with van der Waals surface area (Å²) in [6.07, 6.45) is 4.64. The lowest BCUT2D eigenvalue weighted by atomic mass is 9.79. The molecule has 0 aliphatic heterocycles. The Morgan fingerprint density at radius 2 is 0.950 bits per heavy atom. The number of aliphatic carboxylic acids is 3. The van der Waals surface area contributed by atoms with E-state index in [1.807, 2.05) is 85.2 Å². The fraction of sp³-hybridized carbons (Fsp3) is 0.385. The zero-order chi connectivity index (χ0) is 59.7. The van der Waals surface area contributed by atoms with Crippen LogP contribution >= 0.6 is 0 Å². The molecule has 0 amide bonds. The lowest BCUT2D eigenvalue weighted by molar-refractivity contribution is -0.141. The third-order valence-corrected chi connectivity index (χ3v) is 13.5. The number of carboxylic acid groups (broad SMARTS) is 3. The Bertz CT molecular complexity index is 3270. The van der Waals surface area contributed by atoms with E-state index < -0.39 is 41.6 Å². The molecule has 0 fully saturated rings. The number of nitrogens with one attached hydrogen (secondary N) is 3. The Balaban J connectivity index is 0.000000196. The van der Waals surface area contributed by atoms with E-state index in [2.05, 4.69) is 114 Å². The standard InChI is InChI=1S/C23H36N2O2.C16H14O2.2C11H12N2O2.C4H10O/c1-21(2,3)13-10-14-15(12-17(24)20(26)27)19(23(7,8)9)25-18(14)16(11-13)22(4,5)6;1-11(17)18-10-16-14-8-4-2-6-12(14)13-7-3-5-9-15(13)16;2*12-9(11(14)15)5-7-6-13-10-4-2-1-3-8(7)10;1-4(2,3)5/h10-11,17,25H,12,24H2,1-9H3,(H,26,27);2-9,16H,10H2,1H3;2*1-4,6,9,13H,5,12H2,(H,14,15);5H,1-3H3/t17-;;2*9-;/m0.00./s1. The van der Waals surface area contributed by atoms with Gasteiger partial charge in [-0.05, 0) is 99.9 Å². The minimum Gasteiger partial charge on any atom is -0.480 e. The van der Waals surface area contributed by atoms with E-state index in [1.54, 1.807) is 20.8 Å². The first-order valence-electron chi connectivity index (χ1n) is 27.0. The Morgan fingerprint density at radius 3 is 1.34 bits per heavy atom. The van der Waals surface area contributed by atoms with Crippen molar-refractivity contribution in [1.82, 2.24) is 15.0 Å². The lowest BCUT2D eigenvalue weighted by Gasteiger charge is -2.26. The molecule has 15 nitrogen and oxygen atoms in total. The summed E-state index contributed by atoms with van der Waals surface area (Å²) in [4.78, 5) is 53.5. The predicted octanol–water partition coefficient (Wildman–Crippen LogP) is 11.4. The van der Waals surface area contributed by atoms with Gasteiger partial charge in [0.2, 0.25) is 0 Å². The van der Waals surface area contributed by atoms with E-state index in [0.717, 1.165) is 55.1 Å². The van der Waals surface area contributed by atoms with E-state index in [4.69, 9.17) is 37.3 Å². The van der Waals surface area contributed by atoms with Crippen LogP contribution in [0.15, 0.2) is 122 Å². The minimum atomic E-state index is -0.972. The number of aliphatic hydroxyl groups is 1. The number of hydrogen-bond acceptors (Lipinski definition) is 9. The first-order valence-corrected chi connectivity index (χ1v) is 27.0. The number of para-hydroxylation sites is 2. The molecule has 0 spiro atoms. The molecule has 8 aromatic rings. The number of H-pyrrole nitrogens is 3. The third kappa shape index (κ3) is 17.0. The highest BCUT2D eigenvalue weighted by Crippen LogP contribution is 2.45. The molecule has 0 saturated carbocycles. The Kier molecular flexibility index (Phi) is 20.7. The van der Waals surface area contributed by atoms with Gasteiger partial charge in [0.1, 0.15) is 24.7 Å². The maximum atomic E-state index is 11.4. The van der Waals surface area contributed by atoms with Gasteiger partial charge in [-0.25, -0.2) is 0 Å². The second-order valence-electron chi connectivity index (χ2n) is 24.5. The summed E-state index contributed by atoms with van der Waals surface area (Å²) in [7, 11) is 0. The summed E-state index contributed by atoms with van der Waals surface area (Å²) in [6.45, 7) is 26.8. The van der Waals surface area contributed by atoms with Crippen molar-refractivity contribution < 1.29 is 44.3 Å². The van der Waals surface area contributed by atoms with E-state index in [-0.39, 0.29) is 28.1 Å². The van der Waals surface area contributed by atoms with Crippen LogP contribution in [0.5, 0.6) is 0 Å². The highest BCUT2D eigenvalue weighted by Gasteiger charge is 2.31. The summed E-state index contributed by atoms with van der Waals surface area (Å²) in [5, 5.41) is 38.5. The highest BCUT2D eigenvalue weighted by atomic mass is 16.5. The number of ether oxygens (including phenoxy) is 1. The van der Waals surface area contributed by atoms with Crippen molar-refractivity contribution in [1.29, 1.82) is 0 Å². The van der Waals surface area contributed by atoms with Gasteiger partial charge in [0, 0.05) is 88.3 Å². The van der Waals surface area contributed by atoms with Gasteiger partial charge in [0.05, 0.1) is 5.60 Å². The van der Waals surface area contributed by atoms with Crippen molar-refractivity contribution in [3.05, 3.63) is 166 Å². The van der Waals surface area contributed by atoms with Gasteiger partial charge in [-0.1, -0.05) is 153 Å². The lowest BCUT2D eigenvalue weighted by Crippen LogP contribution is -2.33. The van der Waals surface area contributed by atoms with Crippen LogP contribution in [-0.4, -0.2) is 89.6 Å². The summed E-state index contributed by atoms with van der Waals surface area (Å²) in [5.41, 5.74) is 30.9. The molecule has 1 aliphatic carbocycles. The second kappa shape index (κ2) is 26.1. The van der Waals surface area contributed by atoms with Crippen molar-refractivity contribution in [3.8, 4) is 11.1 Å². The minimum absolute atomic E-state index is 0.000456. The molecule has 1 aliphatic rings. The summed E-state index contributed by atoms with van der Waals surface area (Å²) < 4.78 is 5.20. The Morgan fingerprint density at radius 1 is 0.550 bits per heavy atom. The van der Waals surface area contributed by atoms with Crippen LogP contribution in [0.25, 0.3) is 43.8 Å². The van der Waals surface area contributed by atoms with Gasteiger partial charge >= 0.3 is 23.9 Å². The number of carbonyl (C=O) groups excluding carboxylic acids is 1. The average Bonchev–Trinajstić information content (AvgIpc) is 4.15. The highest BCUT2D eigenvalue weighted by molar-refractivity contribution is 5.91. The molecular weight excluding hydrogens is 1010 g/mol. The van der Waals surface area contributed by atoms with Crippen molar-refractivity contribution in [3.63, 3.8) is 0 Å². The molecule has 13 N–H and O–H groups in total. The van der Waals surface area contributed by atoms with Gasteiger partial charge < -0.3 is 57.3 Å². The molecule has 0 radical (unpaired) electrons. The van der Waals surface area contributed by atoms with Crippen LogP contribution in [0.4, 0.5) is 0 Å². The van der Waals surface area contributed by atoms with Gasteiger partial charge in [-0.3, -0.25) is 19.2 Å². The van der Waals surface area contributed by atoms with Gasteiger partial charge in [-0.2, -0.15) is 0 Å². The normalized spacial score (nSPS) is 13.4. The zero-order valence-electron chi connectivity index (χ0n) is 48.7. The number of carboxylic acids is 3. The molecular formula is C65H84N6O9. The van der Waals surface area contributed by atoms with Crippen LogP contribution in [0.3, 0.4) is 0 Å². The van der Waals surface area contributed by atoms with Crippen molar-refractivity contribution in [2.45, 2.75) is 155 Å². The number of nitrogens with two attached hydrogens (primary N) is 3. The molecule has 5 aromatic carbocycles. The maximum absolute atomic E-state index is 11.4. The molecule has 0 saturated heterocycles. The smallest absolute Gasteiger partial charge is 0.320 e. The number of fused-ring (bicyclic) bond motifs is 6. The summed E-state index contributed by atoms with van der Waals surface area (Å²) >= 11 is 0. The molecule has 15 heteroatoms. The molecule has 428 valence electrons. The zero-order valence-corrected chi connectivity index (χ0v) is 48.7. The Hall–Kier alpha value is -7.56. The maximum Gasteiger partial charge on any atom is 0.320 e. The first-order chi connectivity index (χ1) is 37.2. The van der Waals surface area contributed by atoms with Crippen molar-refractivity contribution >= 4 is 56.6 Å². The number of aromatic nitrogens is 3. The van der Waals surface area contributed by atoms with E-state index in [0.29, 0.717) is 25.9 Å². The second-order valence-corrected chi connectivity index (χ2v) is 24.5. The molecule has 80 heavy (non-hydrogen) atoms. The topological polar surface area (TPSA) is 284 Å². The Labute approximate surface area is 470 Å². The largest absolute Gasteiger partial charge is 0.480 e. The summed E-state index contributed by atoms with van der Waals surface area (Å²) in [6, 6.07) is 34.1. The fourth-order valence-corrected chi connectivity index (χ4v) is 9.42. The average molecular weight is 1090 g/mol. The summed E-state index contributed by atoms with van der Waals surface area (Å²) in [5.74, 6) is -2.97. The van der Waals surface area contributed by atoms with Crippen LogP contribution in [0, 0.1) is 0 Å².